The summed E-state index contributed by atoms with van der Waals surface area (Å²) in [7, 11) is 0. The number of rotatable bonds is 0. The van der Waals surface area contributed by atoms with Gasteiger partial charge in [-0.05, 0) is 31.6 Å². The molecule has 1 aliphatic carbocycles. The molecule has 3 heteroatoms. The standard InChI is InChI=1S/C9H16N2O/c10-9-4-1-6-5-7(12)2-3-8(6)11-9/h6-8,12H,1-5H2,(H2,10,11). The van der Waals surface area contributed by atoms with E-state index in [1.165, 1.54) is 0 Å². The van der Waals surface area contributed by atoms with Crippen LogP contribution in [0.5, 0.6) is 0 Å². The molecule has 3 atom stereocenters. The van der Waals surface area contributed by atoms with Crippen LogP contribution in [0.15, 0.2) is 0 Å². The summed E-state index contributed by atoms with van der Waals surface area (Å²) in [5.74, 6) is 1.30. The highest BCUT2D eigenvalue weighted by atomic mass is 16.3. The van der Waals surface area contributed by atoms with Crippen LogP contribution in [0.25, 0.3) is 0 Å². The van der Waals surface area contributed by atoms with Crippen molar-refractivity contribution in [1.82, 2.24) is 5.32 Å². The fourth-order valence-electron chi connectivity index (χ4n) is 2.37. The molecule has 0 radical (unpaired) electrons. The predicted molar refractivity (Wildman–Crippen MR) is 47.2 cm³/mol. The Kier molecular flexibility index (Phi) is 2.05. The summed E-state index contributed by atoms with van der Waals surface area (Å²) >= 11 is 0. The van der Waals surface area contributed by atoms with E-state index in [4.69, 9.17) is 5.41 Å². The molecular formula is C9H16N2O. The van der Waals surface area contributed by atoms with Gasteiger partial charge in [0.25, 0.3) is 0 Å². The number of aliphatic hydroxyl groups excluding tert-OH is 1. The van der Waals surface area contributed by atoms with E-state index in [-0.39, 0.29) is 6.10 Å². The van der Waals surface area contributed by atoms with E-state index >= 15 is 0 Å². The Morgan fingerprint density at radius 3 is 3.00 bits per heavy atom. The van der Waals surface area contributed by atoms with Crippen molar-refractivity contribution in [3.05, 3.63) is 0 Å². The average molecular weight is 168 g/mol. The van der Waals surface area contributed by atoms with Crippen molar-refractivity contribution >= 4 is 5.84 Å². The molecule has 0 spiro atoms. The molecule has 0 aromatic heterocycles. The quantitative estimate of drug-likeness (QED) is 0.503. The number of aliphatic hydroxyl groups is 1. The molecule has 3 N–H and O–H groups in total. The van der Waals surface area contributed by atoms with E-state index in [2.05, 4.69) is 5.32 Å². The number of hydrogen-bond donors (Lipinski definition) is 3. The lowest BCUT2D eigenvalue weighted by Gasteiger charge is -2.38. The first-order chi connectivity index (χ1) is 5.75. The van der Waals surface area contributed by atoms with E-state index in [9.17, 15) is 5.11 Å². The van der Waals surface area contributed by atoms with E-state index in [0.29, 0.717) is 17.8 Å². The van der Waals surface area contributed by atoms with Crippen molar-refractivity contribution in [2.24, 2.45) is 5.92 Å². The maximum absolute atomic E-state index is 9.43. The van der Waals surface area contributed by atoms with Gasteiger partial charge in [0.2, 0.25) is 0 Å². The Bertz CT molecular complexity index is 193. The summed E-state index contributed by atoms with van der Waals surface area (Å²) in [6.45, 7) is 0. The lowest BCUT2D eigenvalue weighted by atomic mass is 9.78. The van der Waals surface area contributed by atoms with E-state index in [1.807, 2.05) is 0 Å². The SMILES string of the molecule is N=C1CCC2CC(O)CCC2N1. The van der Waals surface area contributed by atoms with Gasteiger partial charge >= 0.3 is 0 Å². The lowest BCUT2D eigenvalue weighted by Crippen LogP contribution is -2.48. The Labute approximate surface area is 72.7 Å². The first kappa shape index (κ1) is 8.05. The zero-order chi connectivity index (χ0) is 8.55. The molecule has 1 heterocycles. The van der Waals surface area contributed by atoms with Crippen LogP contribution in [0, 0.1) is 11.3 Å². The van der Waals surface area contributed by atoms with Gasteiger partial charge in [-0.25, -0.2) is 0 Å². The normalized spacial score (nSPS) is 41.8. The second kappa shape index (κ2) is 3.05. The largest absolute Gasteiger partial charge is 0.393 e. The Balaban J connectivity index is 1.98. The van der Waals surface area contributed by atoms with Crippen LogP contribution >= 0.6 is 0 Å². The van der Waals surface area contributed by atoms with Crippen LogP contribution in [-0.2, 0) is 0 Å². The maximum Gasteiger partial charge on any atom is 0.0933 e. The van der Waals surface area contributed by atoms with E-state index < -0.39 is 0 Å². The number of piperidine rings is 1. The summed E-state index contributed by atoms with van der Waals surface area (Å²) < 4.78 is 0. The predicted octanol–water partition coefficient (Wildman–Crippen LogP) is 0.877. The summed E-state index contributed by atoms with van der Waals surface area (Å²) in [6, 6.07) is 0.481. The van der Waals surface area contributed by atoms with Crippen molar-refractivity contribution < 1.29 is 5.11 Å². The molecule has 3 nitrogen and oxygen atoms in total. The zero-order valence-electron chi connectivity index (χ0n) is 7.21. The minimum Gasteiger partial charge on any atom is -0.393 e. The second-order valence-corrected chi connectivity index (χ2v) is 4.00. The molecule has 12 heavy (non-hydrogen) atoms. The van der Waals surface area contributed by atoms with Crippen molar-refractivity contribution in [2.45, 2.75) is 44.2 Å². The molecule has 2 fully saturated rings. The van der Waals surface area contributed by atoms with Crippen LogP contribution in [0.3, 0.4) is 0 Å². The van der Waals surface area contributed by atoms with Crippen LogP contribution < -0.4 is 5.32 Å². The van der Waals surface area contributed by atoms with Crippen LogP contribution in [0.2, 0.25) is 0 Å². The third-order valence-electron chi connectivity index (χ3n) is 3.08. The van der Waals surface area contributed by atoms with Crippen molar-refractivity contribution in [2.75, 3.05) is 0 Å². The highest BCUT2D eigenvalue weighted by molar-refractivity contribution is 5.80. The van der Waals surface area contributed by atoms with Crippen LogP contribution in [-0.4, -0.2) is 23.1 Å². The highest BCUT2D eigenvalue weighted by Crippen LogP contribution is 2.30. The maximum atomic E-state index is 9.43. The number of fused-ring (bicyclic) bond motifs is 1. The summed E-state index contributed by atoms with van der Waals surface area (Å²) in [5, 5.41) is 20.1. The molecule has 1 saturated heterocycles. The van der Waals surface area contributed by atoms with E-state index in [0.717, 1.165) is 32.1 Å². The second-order valence-electron chi connectivity index (χ2n) is 4.00. The molecule has 0 bridgehead atoms. The number of hydrogen-bond acceptors (Lipinski definition) is 2. The molecular weight excluding hydrogens is 152 g/mol. The highest BCUT2D eigenvalue weighted by Gasteiger charge is 2.32. The monoisotopic (exact) mass is 168 g/mol. The topological polar surface area (TPSA) is 56.1 Å². The molecule has 2 rings (SSSR count). The molecule has 3 unspecified atom stereocenters. The summed E-state index contributed by atoms with van der Waals surface area (Å²) in [5.41, 5.74) is 0. The van der Waals surface area contributed by atoms with Crippen molar-refractivity contribution in [3.8, 4) is 0 Å². The summed E-state index contributed by atoms with van der Waals surface area (Å²) in [4.78, 5) is 0. The lowest BCUT2D eigenvalue weighted by molar-refractivity contribution is 0.0792. The Morgan fingerprint density at radius 1 is 1.33 bits per heavy atom. The fraction of sp³-hybridized carbons (Fsp3) is 0.889. The fourth-order valence-corrected chi connectivity index (χ4v) is 2.37. The zero-order valence-corrected chi connectivity index (χ0v) is 7.21. The van der Waals surface area contributed by atoms with E-state index in [1.54, 1.807) is 0 Å². The number of amidine groups is 1. The average Bonchev–Trinajstić information content (AvgIpc) is 2.05. The minimum absolute atomic E-state index is 0.0830. The molecule has 0 aromatic rings. The third kappa shape index (κ3) is 1.46. The first-order valence-electron chi connectivity index (χ1n) is 4.78. The van der Waals surface area contributed by atoms with Gasteiger partial charge in [0.1, 0.15) is 0 Å². The van der Waals surface area contributed by atoms with Gasteiger partial charge in [0.15, 0.2) is 0 Å². The Morgan fingerprint density at radius 2 is 2.17 bits per heavy atom. The molecule has 2 aliphatic rings. The molecule has 1 saturated carbocycles. The van der Waals surface area contributed by atoms with Crippen LogP contribution in [0.1, 0.15) is 32.1 Å². The van der Waals surface area contributed by atoms with Gasteiger partial charge in [-0.2, -0.15) is 0 Å². The van der Waals surface area contributed by atoms with Crippen LogP contribution in [0.4, 0.5) is 0 Å². The molecule has 1 aliphatic heterocycles. The van der Waals surface area contributed by atoms with Crippen molar-refractivity contribution in [3.63, 3.8) is 0 Å². The smallest absolute Gasteiger partial charge is 0.0933 e. The molecule has 0 amide bonds. The van der Waals surface area contributed by atoms with Gasteiger partial charge in [0.05, 0.1) is 11.9 Å². The van der Waals surface area contributed by atoms with Gasteiger partial charge in [-0.15, -0.1) is 0 Å². The summed E-state index contributed by atoms with van der Waals surface area (Å²) in [6.07, 6.45) is 4.75. The molecule has 0 aromatic carbocycles. The van der Waals surface area contributed by atoms with Gasteiger partial charge in [-0.1, -0.05) is 0 Å². The third-order valence-corrected chi connectivity index (χ3v) is 3.08. The minimum atomic E-state index is -0.0830. The van der Waals surface area contributed by atoms with Gasteiger partial charge in [-0.3, -0.25) is 5.41 Å². The first-order valence-corrected chi connectivity index (χ1v) is 4.78. The number of nitrogens with one attached hydrogen (secondary N) is 2. The van der Waals surface area contributed by atoms with Crippen molar-refractivity contribution in [1.29, 1.82) is 5.41 Å². The van der Waals surface area contributed by atoms with Gasteiger partial charge < -0.3 is 10.4 Å². The van der Waals surface area contributed by atoms with Gasteiger partial charge in [0, 0.05) is 12.5 Å². The molecule has 68 valence electrons. The Hall–Kier alpha value is -0.570.